The molecule has 0 aliphatic carbocycles. The van der Waals surface area contributed by atoms with Gasteiger partial charge in [0.1, 0.15) is 16.3 Å². The molecule has 0 saturated heterocycles. The van der Waals surface area contributed by atoms with E-state index in [9.17, 15) is 19.5 Å². The van der Waals surface area contributed by atoms with E-state index < -0.39 is 29.1 Å². The number of carbonyl (C=O) groups excluding carboxylic acids is 1. The summed E-state index contributed by atoms with van der Waals surface area (Å²) in [5.74, 6) is -0.663. The van der Waals surface area contributed by atoms with E-state index >= 15 is 0 Å². The number of nitrogens with zero attached hydrogens (tertiary/aromatic N) is 3. The summed E-state index contributed by atoms with van der Waals surface area (Å²) >= 11 is 1.17. The molecule has 3 rings (SSSR count). The number of aliphatic imine (C=N–C) groups is 1. The van der Waals surface area contributed by atoms with E-state index in [0.29, 0.717) is 10.8 Å². The summed E-state index contributed by atoms with van der Waals surface area (Å²) in [6.45, 7) is 3.32. The van der Waals surface area contributed by atoms with E-state index in [4.69, 9.17) is 9.15 Å². The molecule has 0 atom stereocenters. The number of carbonyl (C=O) groups is 1. The molecule has 3 aromatic rings. The van der Waals surface area contributed by atoms with Gasteiger partial charge in [-0.3, -0.25) is 13.9 Å². The number of thiophene rings is 1. The van der Waals surface area contributed by atoms with Gasteiger partial charge in [0.2, 0.25) is 5.88 Å². The van der Waals surface area contributed by atoms with Gasteiger partial charge in [-0.05, 0) is 37.4 Å². The maximum Gasteiger partial charge on any atom is 0.340 e. The van der Waals surface area contributed by atoms with Crippen molar-refractivity contribution in [3.05, 3.63) is 67.6 Å². The molecule has 0 aliphatic heterocycles. The van der Waals surface area contributed by atoms with Crippen LogP contribution >= 0.6 is 11.3 Å². The molecular weight excluding hydrogens is 398 g/mol. The number of ether oxygens (including phenoxy) is 1. The highest BCUT2D eigenvalue weighted by atomic mass is 32.1. The molecule has 29 heavy (non-hydrogen) atoms. The molecule has 0 unspecified atom stereocenters. The van der Waals surface area contributed by atoms with Crippen LogP contribution in [-0.4, -0.2) is 33.5 Å². The number of furan rings is 1. The van der Waals surface area contributed by atoms with Crippen LogP contribution < -0.4 is 11.2 Å². The van der Waals surface area contributed by atoms with Crippen molar-refractivity contribution in [1.29, 1.82) is 0 Å². The van der Waals surface area contributed by atoms with Gasteiger partial charge >= 0.3 is 11.7 Å². The molecule has 0 amide bonds. The SMILES string of the molecule is COC(=O)c1ccsc1N=Cc1c(O)n(Cc2ccco2)c(=O)n(C(C)C)c1=O. The second-order valence-electron chi connectivity index (χ2n) is 6.34. The molecule has 0 spiro atoms. The molecule has 152 valence electrons. The summed E-state index contributed by atoms with van der Waals surface area (Å²) in [5, 5.41) is 12.6. The molecule has 0 aromatic carbocycles. The molecule has 3 aromatic heterocycles. The highest BCUT2D eigenvalue weighted by Gasteiger charge is 2.20. The lowest BCUT2D eigenvalue weighted by atomic mass is 10.3. The minimum absolute atomic E-state index is 0.0576. The van der Waals surface area contributed by atoms with Crippen molar-refractivity contribution in [2.45, 2.75) is 26.4 Å². The third-order valence-electron chi connectivity index (χ3n) is 4.15. The molecule has 9 nitrogen and oxygen atoms in total. The van der Waals surface area contributed by atoms with Gasteiger partial charge in [-0.2, -0.15) is 0 Å². The number of rotatable bonds is 6. The molecule has 0 radical (unpaired) electrons. The van der Waals surface area contributed by atoms with Crippen LogP contribution in [0, 0.1) is 0 Å². The Kier molecular flexibility index (Phi) is 5.83. The quantitative estimate of drug-likeness (QED) is 0.487. The summed E-state index contributed by atoms with van der Waals surface area (Å²) in [4.78, 5) is 41.6. The van der Waals surface area contributed by atoms with Gasteiger partial charge in [0.25, 0.3) is 5.56 Å². The fourth-order valence-corrected chi connectivity index (χ4v) is 3.46. The number of hydrogen-bond donors (Lipinski definition) is 1. The Morgan fingerprint density at radius 2 is 2.14 bits per heavy atom. The summed E-state index contributed by atoms with van der Waals surface area (Å²) in [5.41, 5.74) is -1.28. The molecular formula is C19H19N3O6S. The molecule has 0 bridgehead atoms. The Hall–Kier alpha value is -3.40. The van der Waals surface area contributed by atoms with Crippen molar-refractivity contribution in [2.24, 2.45) is 4.99 Å². The first-order valence-electron chi connectivity index (χ1n) is 8.65. The Labute approximate surface area is 169 Å². The van der Waals surface area contributed by atoms with Crippen molar-refractivity contribution in [2.75, 3.05) is 7.11 Å². The smallest absolute Gasteiger partial charge is 0.340 e. The minimum atomic E-state index is -0.682. The number of aromatic nitrogens is 2. The second kappa shape index (κ2) is 8.31. The summed E-state index contributed by atoms with van der Waals surface area (Å²) in [7, 11) is 1.26. The van der Waals surface area contributed by atoms with Gasteiger partial charge in [-0.1, -0.05) is 0 Å². The molecule has 0 saturated carbocycles. The van der Waals surface area contributed by atoms with E-state index in [1.807, 2.05) is 0 Å². The largest absolute Gasteiger partial charge is 0.494 e. The lowest BCUT2D eigenvalue weighted by molar-refractivity contribution is 0.0602. The van der Waals surface area contributed by atoms with Crippen molar-refractivity contribution in [3.8, 4) is 5.88 Å². The maximum absolute atomic E-state index is 12.8. The first-order chi connectivity index (χ1) is 13.8. The van der Waals surface area contributed by atoms with Crippen molar-refractivity contribution >= 4 is 28.5 Å². The maximum atomic E-state index is 12.8. The predicted molar refractivity (Wildman–Crippen MR) is 108 cm³/mol. The molecule has 3 heterocycles. The highest BCUT2D eigenvalue weighted by molar-refractivity contribution is 7.14. The normalized spacial score (nSPS) is 11.4. The highest BCUT2D eigenvalue weighted by Crippen LogP contribution is 2.27. The zero-order valence-electron chi connectivity index (χ0n) is 16.0. The van der Waals surface area contributed by atoms with E-state index in [2.05, 4.69) is 4.99 Å². The Morgan fingerprint density at radius 1 is 1.38 bits per heavy atom. The van der Waals surface area contributed by atoms with Gasteiger partial charge in [0.15, 0.2) is 0 Å². The van der Waals surface area contributed by atoms with E-state index in [0.717, 1.165) is 15.3 Å². The van der Waals surface area contributed by atoms with Crippen LogP contribution in [0.15, 0.2) is 48.8 Å². The van der Waals surface area contributed by atoms with Crippen LogP contribution in [0.1, 0.15) is 41.6 Å². The first kappa shape index (κ1) is 20.3. The lowest BCUT2D eigenvalue weighted by Crippen LogP contribution is -2.42. The third kappa shape index (κ3) is 3.92. The standard InChI is InChI=1S/C19H19N3O6S/c1-11(2)22-17(24)14(9-20-15-13(6-8-29-15)18(25)27-3)16(23)21(19(22)26)10-12-5-4-7-28-12/h4-9,11,23H,10H2,1-3H3. The van der Waals surface area contributed by atoms with Gasteiger partial charge in [0.05, 0.1) is 25.5 Å². The Morgan fingerprint density at radius 3 is 2.76 bits per heavy atom. The predicted octanol–water partition coefficient (Wildman–Crippen LogP) is 2.54. The number of methoxy groups -OCH3 is 1. The summed E-state index contributed by atoms with van der Waals surface area (Å²) in [6, 6.07) is 4.41. The van der Waals surface area contributed by atoms with Crippen molar-refractivity contribution < 1.29 is 19.1 Å². The van der Waals surface area contributed by atoms with Gasteiger partial charge in [-0.15, -0.1) is 11.3 Å². The Balaban J connectivity index is 2.15. The fraction of sp³-hybridized carbons (Fsp3) is 0.263. The van der Waals surface area contributed by atoms with Crippen molar-refractivity contribution in [1.82, 2.24) is 9.13 Å². The van der Waals surface area contributed by atoms with Crippen molar-refractivity contribution in [3.63, 3.8) is 0 Å². The van der Waals surface area contributed by atoms with Gasteiger partial charge in [-0.25, -0.2) is 14.6 Å². The molecule has 0 aliphatic rings. The van der Waals surface area contributed by atoms with Crippen LogP contribution in [0.5, 0.6) is 5.88 Å². The third-order valence-corrected chi connectivity index (χ3v) is 4.97. The van der Waals surface area contributed by atoms with Crippen LogP contribution in [0.2, 0.25) is 0 Å². The number of aromatic hydroxyl groups is 1. The molecule has 0 fully saturated rings. The van der Waals surface area contributed by atoms with E-state index in [-0.39, 0.29) is 17.7 Å². The second-order valence-corrected chi connectivity index (χ2v) is 7.24. The van der Waals surface area contributed by atoms with Crippen LogP contribution in [0.25, 0.3) is 0 Å². The zero-order chi connectivity index (χ0) is 21.1. The number of hydrogen-bond acceptors (Lipinski definition) is 8. The summed E-state index contributed by atoms with van der Waals surface area (Å²) < 4.78 is 12.0. The summed E-state index contributed by atoms with van der Waals surface area (Å²) in [6.07, 6.45) is 2.59. The molecule has 1 N–H and O–H groups in total. The zero-order valence-corrected chi connectivity index (χ0v) is 16.8. The average Bonchev–Trinajstić information content (AvgIpc) is 3.36. The number of esters is 1. The van der Waals surface area contributed by atoms with Crippen LogP contribution in [-0.2, 0) is 11.3 Å². The van der Waals surface area contributed by atoms with Crippen LogP contribution in [0.3, 0.4) is 0 Å². The van der Waals surface area contributed by atoms with Gasteiger partial charge < -0.3 is 14.3 Å². The minimum Gasteiger partial charge on any atom is -0.494 e. The van der Waals surface area contributed by atoms with E-state index in [1.165, 1.54) is 24.7 Å². The lowest BCUT2D eigenvalue weighted by Gasteiger charge is -2.15. The first-order valence-corrected chi connectivity index (χ1v) is 9.53. The van der Waals surface area contributed by atoms with E-state index in [1.54, 1.807) is 37.4 Å². The average molecular weight is 417 g/mol. The topological polar surface area (TPSA) is 116 Å². The monoisotopic (exact) mass is 417 g/mol. The Bertz CT molecular complexity index is 1170. The fourth-order valence-electron chi connectivity index (χ4n) is 2.74. The van der Waals surface area contributed by atoms with Gasteiger partial charge in [0, 0.05) is 12.3 Å². The molecule has 10 heteroatoms. The van der Waals surface area contributed by atoms with Crippen LogP contribution in [0.4, 0.5) is 5.00 Å².